The molecule has 5 heteroatoms. The van der Waals surface area contributed by atoms with Gasteiger partial charge in [-0.3, -0.25) is 4.98 Å². The first-order valence-corrected chi connectivity index (χ1v) is 8.87. The summed E-state index contributed by atoms with van der Waals surface area (Å²) in [6.07, 6.45) is 2.84. The van der Waals surface area contributed by atoms with Crippen LogP contribution in [0, 0.1) is 6.92 Å². The topological polar surface area (TPSA) is 58.5 Å². The Bertz CT molecular complexity index is 668. The van der Waals surface area contributed by atoms with Crippen molar-refractivity contribution < 1.29 is 4.74 Å². The lowest BCUT2D eigenvalue weighted by atomic mass is 10.2. The standard InChI is InChI=1S/C20H28N4O/c1-4-21-20(22-13-12-17-11-10-16(3)23-14-17)24-15-18-8-6-7-9-19(18)25-5-2/h6-11,14H,4-5,12-13,15H2,1-3H3,(H2,21,22,24). The average Bonchev–Trinajstić information content (AvgIpc) is 2.62. The third-order valence-corrected chi connectivity index (χ3v) is 3.70. The molecule has 0 aliphatic carbocycles. The van der Waals surface area contributed by atoms with Gasteiger partial charge in [-0.15, -0.1) is 0 Å². The molecule has 5 nitrogen and oxygen atoms in total. The SMILES string of the molecule is CCNC(=NCc1ccccc1OCC)NCCc1ccc(C)nc1. The van der Waals surface area contributed by atoms with Crippen LogP contribution in [-0.4, -0.2) is 30.6 Å². The van der Waals surface area contributed by atoms with E-state index in [1.807, 2.05) is 44.3 Å². The molecule has 25 heavy (non-hydrogen) atoms. The summed E-state index contributed by atoms with van der Waals surface area (Å²) in [6, 6.07) is 12.2. The average molecular weight is 340 g/mol. The van der Waals surface area contributed by atoms with Gasteiger partial charge in [0, 0.05) is 30.5 Å². The van der Waals surface area contributed by atoms with Gasteiger partial charge in [-0.25, -0.2) is 4.99 Å². The number of pyridine rings is 1. The smallest absolute Gasteiger partial charge is 0.191 e. The zero-order chi connectivity index (χ0) is 17.9. The third kappa shape index (κ3) is 6.45. The summed E-state index contributed by atoms with van der Waals surface area (Å²) in [6.45, 7) is 8.93. The zero-order valence-corrected chi connectivity index (χ0v) is 15.4. The highest BCUT2D eigenvalue weighted by Crippen LogP contribution is 2.18. The minimum absolute atomic E-state index is 0.581. The molecule has 0 aliphatic rings. The van der Waals surface area contributed by atoms with Crippen molar-refractivity contribution in [2.45, 2.75) is 33.7 Å². The molecule has 2 rings (SSSR count). The minimum atomic E-state index is 0.581. The molecule has 0 amide bonds. The summed E-state index contributed by atoms with van der Waals surface area (Å²) in [5.74, 6) is 1.71. The Kier molecular flexibility index (Phi) is 7.76. The van der Waals surface area contributed by atoms with Crippen molar-refractivity contribution in [2.24, 2.45) is 4.99 Å². The molecule has 0 fully saturated rings. The van der Waals surface area contributed by atoms with E-state index in [2.05, 4.69) is 39.7 Å². The van der Waals surface area contributed by atoms with Gasteiger partial charge in [-0.2, -0.15) is 0 Å². The largest absolute Gasteiger partial charge is 0.494 e. The second kappa shape index (κ2) is 10.3. The van der Waals surface area contributed by atoms with E-state index < -0.39 is 0 Å². The lowest BCUT2D eigenvalue weighted by Crippen LogP contribution is -2.38. The fraction of sp³-hybridized carbons (Fsp3) is 0.400. The number of rotatable bonds is 8. The Morgan fingerprint density at radius 1 is 1.12 bits per heavy atom. The van der Waals surface area contributed by atoms with Crippen molar-refractivity contribution in [3.05, 3.63) is 59.4 Å². The van der Waals surface area contributed by atoms with Gasteiger partial charge in [0.2, 0.25) is 0 Å². The predicted molar refractivity (Wildman–Crippen MR) is 103 cm³/mol. The maximum atomic E-state index is 5.66. The number of guanidine groups is 1. The fourth-order valence-electron chi connectivity index (χ4n) is 2.41. The van der Waals surface area contributed by atoms with Crippen LogP contribution < -0.4 is 15.4 Å². The van der Waals surface area contributed by atoms with E-state index in [9.17, 15) is 0 Å². The molecule has 0 bridgehead atoms. The lowest BCUT2D eigenvalue weighted by molar-refractivity contribution is 0.336. The van der Waals surface area contributed by atoms with Crippen LogP contribution in [0.3, 0.4) is 0 Å². The summed E-state index contributed by atoms with van der Waals surface area (Å²) in [7, 11) is 0. The Labute approximate surface area is 150 Å². The van der Waals surface area contributed by atoms with Gasteiger partial charge in [0.1, 0.15) is 5.75 Å². The summed E-state index contributed by atoms with van der Waals surface area (Å²) in [5, 5.41) is 6.66. The van der Waals surface area contributed by atoms with Crippen LogP contribution in [0.5, 0.6) is 5.75 Å². The molecule has 0 spiro atoms. The predicted octanol–water partition coefficient (Wildman–Crippen LogP) is 3.09. The number of hydrogen-bond donors (Lipinski definition) is 2. The summed E-state index contributed by atoms with van der Waals surface area (Å²) in [5.41, 5.74) is 3.35. The summed E-state index contributed by atoms with van der Waals surface area (Å²) < 4.78 is 5.66. The minimum Gasteiger partial charge on any atom is -0.494 e. The first-order valence-electron chi connectivity index (χ1n) is 8.87. The highest BCUT2D eigenvalue weighted by Gasteiger charge is 2.03. The Morgan fingerprint density at radius 3 is 2.68 bits per heavy atom. The van der Waals surface area contributed by atoms with Crippen molar-refractivity contribution in [1.29, 1.82) is 0 Å². The molecule has 134 valence electrons. The van der Waals surface area contributed by atoms with E-state index in [0.29, 0.717) is 13.2 Å². The molecule has 1 heterocycles. The molecular weight excluding hydrogens is 312 g/mol. The van der Waals surface area contributed by atoms with E-state index in [4.69, 9.17) is 4.74 Å². The highest BCUT2D eigenvalue weighted by molar-refractivity contribution is 5.79. The lowest BCUT2D eigenvalue weighted by Gasteiger charge is -2.12. The fourth-order valence-corrected chi connectivity index (χ4v) is 2.41. The summed E-state index contributed by atoms with van der Waals surface area (Å²) >= 11 is 0. The van der Waals surface area contributed by atoms with E-state index in [1.54, 1.807) is 0 Å². The van der Waals surface area contributed by atoms with Gasteiger partial charge in [0.15, 0.2) is 5.96 Å². The van der Waals surface area contributed by atoms with Crippen LogP contribution in [-0.2, 0) is 13.0 Å². The van der Waals surface area contributed by atoms with Gasteiger partial charge >= 0.3 is 0 Å². The maximum Gasteiger partial charge on any atom is 0.191 e. The van der Waals surface area contributed by atoms with Crippen molar-refractivity contribution in [1.82, 2.24) is 15.6 Å². The molecule has 0 saturated carbocycles. The number of ether oxygens (including phenoxy) is 1. The van der Waals surface area contributed by atoms with Crippen LogP contribution in [0.4, 0.5) is 0 Å². The molecule has 0 aliphatic heterocycles. The number of benzene rings is 1. The van der Waals surface area contributed by atoms with Crippen molar-refractivity contribution in [3.63, 3.8) is 0 Å². The molecule has 2 aromatic rings. The van der Waals surface area contributed by atoms with Crippen LogP contribution in [0.25, 0.3) is 0 Å². The van der Waals surface area contributed by atoms with Crippen LogP contribution in [0.2, 0.25) is 0 Å². The zero-order valence-electron chi connectivity index (χ0n) is 15.4. The van der Waals surface area contributed by atoms with E-state index >= 15 is 0 Å². The molecule has 0 saturated heterocycles. The second-order valence-corrected chi connectivity index (χ2v) is 5.72. The highest BCUT2D eigenvalue weighted by atomic mass is 16.5. The van der Waals surface area contributed by atoms with E-state index in [1.165, 1.54) is 5.56 Å². The van der Waals surface area contributed by atoms with Gasteiger partial charge in [0.25, 0.3) is 0 Å². The number of aryl methyl sites for hydroxylation is 1. The number of hydrogen-bond acceptors (Lipinski definition) is 3. The maximum absolute atomic E-state index is 5.66. The number of para-hydroxylation sites is 1. The summed E-state index contributed by atoms with van der Waals surface area (Å²) in [4.78, 5) is 9.00. The first-order chi connectivity index (χ1) is 12.2. The molecule has 0 radical (unpaired) electrons. The Hall–Kier alpha value is -2.56. The van der Waals surface area contributed by atoms with Crippen molar-refractivity contribution in [2.75, 3.05) is 19.7 Å². The number of aliphatic imine (C=N–C) groups is 1. The van der Waals surface area contributed by atoms with Crippen molar-refractivity contribution in [3.8, 4) is 5.75 Å². The van der Waals surface area contributed by atoms with Crippen LogP contribution in [0.1, 0.15) is 30.7 Å². The van der Waals surface area contributed by atoms with Crippen molar-refractivity contribution >= 4 is 5.96 Å². The molecule has 2 N–H and O–H groups in total. The number of nitrogens with one attached hydrogen (secondary N) is 2. The number of nitrogens with zero attached hydrogens (tertiary/aromatic N) is 2. The Balaban J connectivity index is 1.92. The van der Waals surface area contributed by atoms with E-state index in [-0.39, 0.29) is 0 Å². The molecule has 1 aromatic heterocycles. The first kappa shape index (κ1) is 18.8. The van der Waals surface area contributed by atoms with E-state index in [0.717, 1.165) is 42.5 Å². The number of aromatic nitrogens is 1. The normalized spacial score (nSPS) is 11.2. The molecule has 1 aromatic carbocycles. The quantitative estimate of drug-likeness (QED) is 0.573. The third-order valence-electron chi connectivity index (χ3n) is 3.70. The van der Waals surface area contributed by atoms with Crippen LogP contribution >= 0.6 is 0 Å². The monoisotopic (exact) mass is 340 g/mol. The second-order valence-electron chi connectivity index (χ2n) is 5.72. The van der Waals surface area contributed by atoms with Crippen LogP contribution in [0.15, 0.2) is 47.6 Å². The molecule has 0 atom stereocenters. The molecule has 0 unspecified atom stereocenters. The van der Waals surface area contributed by atoms with Gasteiger partial charge in [0.05, 0.1) is 13.2 Å². The van der Waals surface area contributed by atoms with Gasteiger partial charge in [-0.1, -0.05) is 24.3 Å². The Morgan fingerprint density at radius 2 is 1.96 bits per heavy atom. The van der Waals surface area contributed by atoms with Gasteiger partial charge in [-0.05, 0) is 44.9 Å². The molecular formula is C20H28N4O. The van der Waals surface area contributed by atoms with Gasteiger partial charge < -0.3 is 15.4 Å².